The summed E-state index contributed by atoms with van der Waals surface area (Å²) >= 11 is 1.42. The summed E-state index contributed by atoms with van der Waals surface area (Å²) in [5.74, 6) is 0. The molecule has 5 nitrogen and oxygen atoms in total. The first-order chi connectivity index (χ1) is 6.97. The summed E-state index contributed by atoms with van der Waals surface area (Å²) < 4.78 is 25.9. The second-order valence-corrected chi connectivity index (χ2v) is 6.36. The first-order valence-corrected chi connectivity index (χ1v) is 7.00. The molecule has 0 fully saturated rings. The molecular formula is C8H15N3O2S2. The lowest BCUT2D eigenvalue weighted by Crippen LogP contribution is -2.38. The largest absolute Gasteiger partial charge is 0.329 e. The molecule has 1 aromatic rings. The maximum atomic E-state index is 11.7. The van der Waals surface area contributed by atoms with E-state index in [9.17, 15) is 8.42 Å². The van der Waals surface area contributed by atoms with Gasteiger partial charge in [0, 0.05) is 18.1 Å². The van der Waals surface area contributed by atoms with Gasteiger partial charge in [0.1, 0.15) is 5.01 Å². The third kappa shape index (κ3) is 3.23. The highest BCUT2D eigenvalue weighted by Gasteiger charge is 2.22. The summed E-state index contributed by atoms with van der Waals surface area (Å²) in [7, 11) is -3.34. The second-order valence-electron chi connectivity index (χ2n) is 3.30. The Morgan fingerprint density at radius 3 is 2.73 bits per heavy atom. The average molecular weight is 249 g/mol. The fourth-order valence-electron chi connectivity index (χ4n) is 0.988. The summed E-state index contributed by atoms with van der Waals surface area (Å²) in [6.45, 7) is 3.45. The minimum absolute atomic E-state index is 0.111. The number of hydrogen-bond acceptors (Lipinski definition) is 5. The Morgan fingerprint density at radius 2 is 2.27 bits per heavy atom. The van der Waals surface area contributed by atoms with Gasteiger partial charge in [0.2, 0.25) is 10.0 Å². The number of rotatable bonds is 5. The molecule has 0 aromatic carbocycles. The molecule has 0 radical (unpaired) electrons. The smallest absolute Gasteiger partial charge is 0.216 e. The molecule has 2 atom stereocenters. The molecule has 1 aromatic heterocycles. The van der Waals surface area contributed by atoms with Crippen LogP contribution in [-0.4, -0.2) is 25.2 Å². The molecule has 0 saturated heterocycles. The molecule has 0 spiro atoms. The van der Waals surface area contributed by atoms with Crippen molar-refractivity contribution in [1.29, 1.82) is 0 Å². The highest BCUT2D eigenvalue weighted by molar-refractivity contribution is 7.90. The van der Waals surface area contributed by atoms with Gasteiger partial charge in [-0.2, -0.15) is 0 Å². The Morgan fingerprint density at radius 1 is 1.60 bits per heavy atom. The highest BCUT2D eigenvalue weighted by atomic mass is 32.2. The van der Waals surface area contributed by atoms with Crippen molar-refractivity contribution in [3.8, 4) is 0 Å². The van der Waals surface area contributed by atoms with Crippen LogP contribution in [0.4, 0.5) is 0 Å². The molecule has 1 heterocycles. The van der Waals surface area contributed by atoms with Crippen LogP contribution in [0, 0.1) is 0 Å². The van der Waals surface area contributed by atoms with E-state index >= 15 is 0 Å². The van der Waals surface area contributed by atoms with Gasteiger partial charge in [-0.15, -0.1) is 11.3 Å². The van der Waals surface area contributed by atoms with Gasteiger partial charge in [0.25, 0.3) is 0 Å². The zero-order valence-electron chi connectivity index (χ0n) is 8.67. The van der Waals surface area contributed by atoms with Crippen molar-refractivity contribution in [3.63, 3.8) is 0 Å². The standard InChI is InChI=1S/C8H15N3O2S2/c1-6(5-9)15(12,13)11-7(2)8-10-3-4-14-8/h3-4,6-7,11H,5,9H2,1-2H3. The fourth-order valence-corrected chi connectivity index (χ4v) is 2.80. The summed E-state index contributed by atoms with van der Waals surface area (Å²) in [5.41, 5.74) is 5.32. The molecule has 3 N–H and O–H groups in total. The molecular weight excluding hydrogens is 234 g/mol. The van der Waals surface area contributed by atoms with E-state index < -0.39 is 15.3 Å². The maximum Gasteiger partial charge on any atom is 0.216 e. The van der Waals surface area contributed by atoms with E-state index in [1.54, 1.807) is 20.0 Å². The van der Waals surface area contributed by atoms with Crippen molar-refractivity contribution in [2.24, 2.45) is 5.73 Å². The van der Waals surface area contributed by atoms with Crippen LogP contribution >= 0.6 is 11.3 Å². The molecule has 86 valence electrons. The zero-order valence-corrected chi connectivity index (χ0v) is 10.3. The molecule has 2 unspecified atom stereocenters. The van der Waals surface area contributed by atoms with E-state index in [0.717, 1.165) is 5.01 Å². The van der Waals surface area contributed by atoms with Crippen LogP contribution < -0.4 is 10.5 Å². The third-order valence-electron chi connectivity index (χ3n) is 2.02. The average Bonchev–Trinajstić information content (AvgIpc) is 2.68. The van der Waals surface area contributed by atoms with Crippen molar-refractivity contribution in [1.82, 2.24) is 9.71 Å². The van der Waals surface area contributed by atoms with Crippen LogP contribution in [0.3, 0.4) is 0 Å². The van der Waals surface area contributed by atoms with E-state index in [1.807, 2.05) is 5.38 Å². The van der Waals surface area contributed by atoms with E-state index in [-0.39, 0.29) is 12.6 Å². The van der Waals surface area contributed by atoms with Crippen molar-refractivity contribution >= 4 is 21.4 Å². The van der Waals surface area contributed by atoms with Gasteiger partial charge in [-0.25, -0.2) is 18.1 Å². The Bertz CT molecular complexity index is 388. The SMILES string of the molecule is CC(NS(=O)(=O)C(C)CN)c1nccs1. The normalized spacial score (nSPS) is 16.2. The molecule has 15 heavy (non-hydrogen) atoms. The monoisotopic (exact) mass is 249 g/mol. The van der Waals surface area contributed by atoms with Crippen molar-refractivity contribution in [2.45, 2.75) is 25.1 Å². The zero-order chi connectivity index (χ0) is 11.5. The van der Waals surface area contributed by atoms with Gasteiger partial charge in [-0.3, -0.25) is 0 Å². The van der Waals surface area contributed by atoms with Gasteiger partial charge >= 0.3 is 0 Å². The van der Waals surface area contributed by atoms with Crippen molar-refractivity contribution in [2.75, 3.05) is 6.54 Å². The number of hydrogen-bond donors (Lipinski definition) is 2. The lowest BCUT2D eigenvalue weighted by atomic mass is 10.4. The van der Waals surface area contributed by atoms with Crippen molar-refractivity contribution < 1.29 is 8.42 Å². The minimum Gasteiger partial charge on any atom is -0.329 e. The van der Waals surface area contributed by atoms with Gasteiger partial charge < -0.3 is 5.73 Å². The Balaban J connectivity index is 2.70. The Kier molecular flexibility index (Phi) is 4.21. The lowest BCUT2D eigenvalue weighted by Gasteiger charge is -2.15. The summed E-state index contributed by atoms with van der Waals surface area (Å²) in [4.78, 5) is 4.05. The molecule has 1 rings (SSSR count). The van der Waals surface area contributed by atoms with Crippen LogP contribution in [0.5, 0.6) is 0 Å². The topological polar surface area (TPSA) is 85.1 Å². The van der Waals surface area contributed by atoms with Crippen LogP contribution in [-0.2, 0) is 10.0 Å². The Labute approximate surface area is 93.8 Å². The van der Waals surface area contributed by atoms with Gasteiger partial charge in [0.15, 0.2) is 0 Å². The first-order valence-electron chi connectivity index (χ1n) is 4.58. The first kappa shape index (κ1) is 12.6. The molecule has 7 heteroatoms. The number of nitrogens with zero attached hydrogens (tertiary/aromatic N) is 1. The summed E-state index contributed by atoms with van der Waals surface area (Å²) in [6.07, 6.45) is 1.65. The van der Waals surface area contributed by atoms with E-state index in [2.05, 4.69) is 9.71 Å². The number of nitrogens with one attached hydrogen (secondary N) is 1. The molecule has 0 aliphatic carbocycles. The van der Waals surface area contributed by atoms with Crippen LogP contribution in [0.1, 0.15) is 24.9 Å². The Hall–Kier alpha value is -0.500. The number of aromatic nitrogens is 1. The van der Waals surface area contributed by atoms with Crippen LogP contribution in [0.2, 0.25) is 0 Å². The predicted octanol–water partition coefficient (Wildman–Crippen LogP) is 0.471. The van der Waals surface area contributed by atoms with Crippen LogP contribution in [0.15, 0.2) is 11.6 Å². The quantitative estimate of drug-likeness (QED) is 0.794. The van der Waals surface area contributed by atoms with E-state index in [1.165, 1.54) is 11.3 Å². The molecule has 0 saturated carbocycles. The number of nitrogens with two attached hydrogens (primary N) is 1. The molecule has 0 aliphatic rings. The molecule has 0 bridgehead atoms. The van der Waals surface area contributed by atoms with E-state index in [4.69, 9.17) is 5.73 Å². The number of sulfonamides is 1. The maximum absolute atomic E-state index is 11.7. The van der Waals surface area contributed by atoms with Gasteiger partial charge in [0.05, 0.1) is 11.3 Å². The second kappa shape index (κ2) is 5.02. The van der Waals surface area contributed by atoms with Gasteiger partial charge in [-0.1, -0.05) is 0 Å². The predicted molar refractivity (Wildman–Crippen MR) is 61.1 cm³/mol. The van der Waals surface area contributed by atoms with Crippen molar-refractivity contribution in [3.05, 3.63) is 16.6 Å². The fraction of sp³-hybridized carbons (Fsp3) is 0.625. The highest BCUT2D eigenvalue weighted by Crippen LogP contribution is 2.16. The summed E-state index contributed by atoms with van der Waals surface area (Å²) in [5, 5.41) is 1.98. The van der Waals surface area contributed by atoms with E-state index in [0.29, 0.717) is 0 Å². The summed E-state index contributed by atoms with van der Waals surface area (Å²) in [6, 6.07) is -0.302. The third-order valence-corrected chi connectivity index (χ3v) is 4.92. The molecule has 0 aliphatic heterocycles. The van der Waals surface area contributed by atoms with Gasteiger partial charge in [-0.05, 0) is 13.8 Å². The minimum atomic E-state index is -3.34. The number of thiazole rings is 1. The molecule has 0 amide bonds. The van der Waals surface area contributed by atoms with Crippen LogP contribution in [0.25, 0.3) is 0 Å². The lowest BCUT2D eigenvalue weighted by molar-refractivity contribution is 0.554.